The standard InChI is InChI=1S/C18H24N2/c1-3-18(10-6-7-11-18)13-19-17-14(2)12-15-8-4-5-9-16(15)20-17/h4-5,8-9,12H,3,6-7,10-11,13H2,1-2H3,(H,19,20). The Hall–Kier alpha value is -1.57. The molecule has 0 radical (unpaired) electrons. The van der Waals surface area contributed by atoms with Crippen molar-refractivity contribution in [1.82, 2.24) is 4.98 Å². The van der Waals surface area contributed by atoms with Gasteiger partial charge in [-0.15, -0.1) is 0 Å². The molecule has 0 saturated heterocycles. The summed E-state index contributed by atoms with van der Waals surface area (Å²) in [5.41, 5.74) is 2.82. The van der Waals surface area contributed by atoms with Crippen molar-refractivity contribution < 1.29 is 0 Å². The van der Waals surface area contributed by atoms with E-state index in [9.17, 15) is 0 Å². The van der Waals surface area contributed by atoms with Crippen molar-refractivity contribution in [2.45, 2.75) is 46.0 Å². The molecule has 1 saturated carbocycles. The Morgan fingerprint density at radius 2 is 1.95 bits per heavy atom. The Morgan fingerprint density at radius 3 is 2.70 bits per heavy atom. The summed E-state index contributed by atoms with van der Waals surface area (Å²) in [4.78, 5) is 4.79. The summed E-state index contributed by atoms with van der Waals surface area (Å²) in [6.45, 7) is 5.54. The molecule has 106 valence electrons. The van der Waals surface area contributed by atoms with Gasteiger partial charge in [-0.2, -0.15) is 0 Å². The average molecular weight is 268 g/mol. The molecular formula is C18H24N2. The summed E-state index contributed by atoms with van der Waals surface area (Å²) in [6, 6.07) is 10.6. The van der Waals surface area contributed by atoms with Crippen LogP contribution in [0.4, 0.5) is 5.82 Å². The largest absolute Gasteiger partial charge is 0.369 e. The lowest BCUT2D eigenvalue weighted by atomic mass is 9.83. The number of rotatable bonds is 4. The summed E-state index contributed by atoms with van der Waals surface area (Å²) in [7, 11) is 0. The van der Waals surface area contributed by atoms with Gasteiger partial charge in [0.1, 0.15) is 5.82 Å². The molecule has 1 aliphatic carbocycles. The second-order valence-corrected chi connectivity index (χ2v) is 6.26. The molecule has 0 spiro atoms. The van der Waals surface area contributed by atoms with E-state index < -0.39 is 0 Å². The van der Waals surface area contributed by atoms with Crippen molar-refractivity contribution in [3.63, 3.8) is 0 Å². The van der Waals surface area contributed by atoms with E-state index >= 15 is 0 Å². The number of hydrogen-bond donors (Lipinski definition) is 1. The number of para-hydroxylation sites is 1. The van der Waals surface area contributed by atoms with E-state index in [4.69, 9.17) is 4.98 Å². The summed E-state index contributed by atoms with van der Waals surface area (Å²) in [6.07, 6.45) is 6.78. The average Bonchev–Trinajstić information content (AvgIpc) is 2.94. The van der Waals surface area contributed by atoms with Crippen molar-refractivity contribution in [3.8, 4) is 0 Å². The van der Waals surface area contributed by atoms with Crippen LogP contribution in [-0.2, 0) is 0 Å². The monoisotopic (exact) mass is 268 g/mol. The minimum absolute atomic E-state index is 0.500. The summed E-state index contributed by atoms with van der Waals surface area (Å²) < 4.78 is 0. The molecule has 2 heteroatoms. The van der Waals surface area contributed by atoms with Crippen LogP contribution in [0.15, 0.2) is 30.3 Å². The van der Waals surface area contributed by atoms with E-state index in [1.165, 1.54) is 43.1 Å². The number of aromatic nitrogens is 1. The van der Waals surface area contributed by atoms with Crippen LogP contribution in [0.25, 0.3) is 10.9 Å². The third kappa shape index (κ3) is 2.52. The Balaban J connectivity index is 1.81. The quantitative estimate of drug-likeness (QED) is 0.850. The molecule has 1 fully saturated rings. The van der Waals surface area contributed by atoms with Crippen molar-refractivity contribution in [2.75, 3.05) is 11.9 Å². The maximum absolute atomic E-state index is 4.79. The molecule has 0 unspecified atom stereocenters. The van der Waals surface area contributed by atoms with E-state index in [0.29, 0.717) is 5.41 Å². The molecule has 1 aliphatic rings. The molecule has 2 nitrogen and oxygen atoms in total. The van der Waals surface area contributed by atoms with Gasteiger partial charge in [0.2, 0.25) is 0 Å². The first-order chi connectivity index (χ1) is 9.72. The number of anilines is 1. The molecule has 1 heterocycles. The van der Waals surface area contributed by atoms with Gasteiger partial charge in [0.15, 0.2) is 0 Å². The van der Waals surface area contributed by atoms with Gasteiger partial charge in [-0.1, -0.05) is 38.0 Å². The molecule has 0 bridgehead atoms. The van der Waals surface area contributed by atoms with Gasteiger partial charge in [-0.3, -0.25) is 0 Å². The van der Waals surface area contributed by atoms with E-state index in [1.54, 1.807) is 0 Å². The lowest BCUT2D eigenvalue weighted by molar-refractivity contribution is 0.306. The molecular weight excluding hydrogens is 244 g/mol. The van der Waals surface area contributed by atoms with Crippen LogP contribution in [-0.4, -0.2) is 11.5 Å². The Morgan fingerprint density at radius 1 is 1.20 bits per heavy atom. The SMILES string of the molecule is CCC1(CNc2nc3ccccc3cc2C)CCCC1. The number of aryl methyl sites for hydroxylation is 1. The van der Waals surface area contributed by atoms with Crippen LogP contribution in [0.5, 0.6) is 0 Å². The fourth-order valence-electron chi connectivity index (χ4n) is 3.45. The minimum atomic E-state index is 0.500. The highest BCUT2D eigenvalue weighted by atomic mass is 15.0. The van der Waals surface area contributed by atoms with Gasteiger partial charge in [0.05, 0.1) is 5.52 Å². The van der Waals surface area contributed by atoms with Crippen LogP contribution in [0.3, 0.4) is 0 Å². The molecule has 1 aromatic carbocycles. The van der Waals surface area contributed by atoms with Gasteiger partial charge < -0.3 is 5.32 Å². The first-order valence-corrected chi connectivity index (χ1v) is 7.83. The molecule has 0 aliphatic heterocycles. The maximum Gasteiger partial charge on any atom is 0.129 e. The van der Waals surface area contributed by atoms with Gasteiger partial charge >= 0.3 is 0 Å². The predicted octanol–water partition coefficient (Wildman–Crippen LogP) is 4.93. The zero-order valence-electron chi connectivity index (χ0n) is 12.6. The Bertz CT molecular complexity index is 597. The van der Waals surface area contributed by atoms with Crippen LogP contribution >= 0.6 is 0 Å². The number of pyridine rings is 1. The third-order valence-electron chi connectivity index (χ3n) is 4.96. The topological polar surface area (TPSA) is 24.9 Å². The molecule has 2 aromatic rings. The van der Waals surface area contributed by atoms with Crippen molar-refractivity contribution in [2.24, 2.45) is 5.41 Å². The smallest absolute Gasteiger partial charge is 0.129 e. The number of benzene rings is 1. The number of hydrogen-bond acceptors (Lipinski definition) is 2. The second-order valence-electron chi connectivity index (χ2n) is 6.26. The fraction of sp³-hybridized carbons (Fsp3) is 0.500. The lowest BCUT2D eigenvalue weighted by Gasteiger charge is -2.28. The van der Waals surface area contributed by atoms with Gasteiger partial charge in [0, 0.05) is 11.9 Å². The van der Waals surface area contributed by atoms with Crippen molar-refractivity contribution in [3.05, 3.63) is 35.9 Å². The van der Waals surface area contributed by atoms with Gasteiger partial charge in [0.25, 0.3) is 0 Å². The summed E-state index contributed by atoms with van der Waals surface area (Å²) in [5, 5.41) is 4.85. The van der Waals surface area contributed by atoms with Gasteiger partial charge in [-0.05, 0) is 49.3 Å². The molecule has 20 heavy (non-hydrogen) atoms. The fourth-order valence-corrected chi connectivity index (χ4v) is 3.45. The summed E-state index contributed by atoms with van der Waals surface area (Å²) >= 11 is 0. The van der Waals surface area contributed by atoms with Crippen LogP contribution in [0.2, 0.25) is 0 Å². The maximum atomic E-state index is 4.79. The van der Waals surface area contributed by atoms with Crippen LogP contribution in [0, 0.1) is 12.3 Å². The highest BCUT2D eigenvalue weighted by Crippen LogP contribution is 2.41. The van der Waals surface area contributed by atoms with E-state index in [-0.39, 0.29) is 0 Å². The Kier molecular flexibility index (Phi) is 3.64. The second kappa shape index (κ2) is 5.43. The minimum Gasteiger partial charge on any atom is -0.369 e. The predicted molar refractivity (Wildman–Crippen MR) is 86.2 cm³/mol. The van der Waals surface area contributed by atoms with Crippen molar-refractivity contribution in [1.29, 1.82) is 0 Å². The number of nitrogens with one attached hydrogen (secondary N) is 1. The zero-order chi connectivity index (χ0) is 14.0. The number of nitrogens with zero attached hydrogens (tertiary/aromatic N) is 1. The first-order valence-electron chi connectivity index (χ1n) is 7.83. The van der Waals surface area contributed by atoms with Crippen LogP contribution in [0.1, 0.15) is 44.6 Å². The zero-order valence-corrected chi connectivity index (χ0v) is 12.6. The highest BCUT2D eigenvalue weighted by molar-refractivity contribution is 5.81. The summed E-state index contributed by atoms with van der Waals surface area (Å²) in [5.74, 6) is 1.06. The number of fused-ring (bicyclic) bond motifs is 1. The van der Waals surface area contributed by atoms with E-state index in [1.807, 2.05) is 0 Å². The first kappa shape index (κ1) is 13.4. The molecule has 0 amide bonds. The van der Waals surface area contributed by atoms with Crippen molar-refractivity contribution >= 4 is 16.7 Å². The lowest BCUT2D eigenvalue weighted by Crippen LogP contribution is -2.26. The molecule has 1 aromatic heterocycles. The molecule has 0 atom stereocenters. The van der Waals surface area contributed by atoms with Gasteiger partial charge in [-0.25, -0.2) is 4.98 Å². The Labute approximate surface area is 121 Å². The van der Waals surface area contributed by atoms with E-state index in [2.05, 4.69) is 49.5 Å². The van der Waals surface area contributed by atoms with E-state index in [0.717, 1.165) is 17.9 Å². The third-order valence-corrected chi connectivity index (χ3v) is 4.96. The normalized spacial score (nSPS) is 17.5. The van der Waals surface area contributed by atoms with Crippen LogP contribution < -0.4 is 5.32 Å². The molecule has 3 rings (SSSR count). The highest BCUT2D eigenvalue weighted by Gasteiger charge is 2.31. The molecule has 1 N–H and O–H groups in total.